The third kappa shape index (κ3) is 5.16. The Morgan fingerprint density at radius 3 is 2.45 bits per heavy atom. The first-order chi connectivity index (χ1) is 9.00. The molecular formula is C13H18FNO4S. The third-order valence-corrected chi connectivity index (χ3v) is 3.88. The van der Waals surface area contributed by atoms with Crippen molar-refractivity contribution >= 4 is 21.7 Å². The minimum atomic E-state index is -3.59. The molecule has 0 fully saturated rings. The molecule has 0 aromatic heterocycles. The van der Waals surface area contributed by atoms with Gasteiger partial charge in [-0.05, 0) is 30.0 Å². The highest BCUT2D eigenvalue weighted by atomic mass is 32.2. The number of carboxylic acid groups (broad SMARTS) is 1. The normalized spacial score (nSPS) is 12.2. The van der Waals surface area contributed by atoms with Gasteiger partial charge in [0.15, 0.2) is 0 Å². The first-order valence-electron chi connectivity index (χ1n) is 6.03. The first-order valence-corrected chi connectivity index (χ1v) is 7.69. The Bertz CT molecular complexity index is 605. The van der Waals surface area contributed by atoms with E-state index in [-0.39, 0.29) is 16.9 Å². The van der Waals surface area contributed by atoms with Gasteiger partial charge in [0, 0.05) is 5.69 Å². The number of carbonyl (C=O) groups is 1. The van der Waals surface area contributed by atoms with Crippen molar-refractivity contribution in [2.24, 2.45) is 5.41 Å². The summed E-state index contributed by atoms with van der Waals surface area (Å²) in [5, 5.41) is 8.78. The number of hydrogen-bond donors (Lipinski definition) is 2. The van der Waals surface area contributed by atoms with E-state index in [0.29, 0.717) is 6.42 Å². The van der Waals surface area contributed by atoms with Crippen LogP contribution in [0.4, 0.5) is 10.1 Å². The maximum Gasteiger partial charge on any atom is 0.338 e. The largest absolute Gasteiger partial charge is 0.478 e. The predicted octanol–water partition coefficient (Wildman–Crippen LogP) is 2.70. The summed E-state index contributed by atoms with van der Waals surface area (Å²) < 4.78 is 39.2. The molecule has 20 heavy (non-hydrogen) atoms. The smallest absolute Gasteiger partial charge is 0.338 e. The lowest BCUT2D eigenvalue weighted by Gasteiger charge is -2.18. The molecule has 0 saturated carbocycles. The quantitative estimate of drug-likeness (QED) is 0.876. The zero-order valence-corrected chi connectivity index (χ0v) is 12.4. The van der Waals surface area contributed by atoms with E-state index in [0.717, 1.165) is 12.1 Å². The maximum atomic E-state index is 13.2. The van der Waals surface area contributed by atoms with Gasteiger partial charge in [0.1, 0.15) is 5.82 Å². The summed E-state index contributed by atoms with van der Waals surface area (Å²) in [4.78, 5) is 10.8. The van der Waals surface area contributed by atoms with Crippen LogP contribution >= 0.6 is 0 Å². The van der Waals surface area contributed by atoms with Crippen molar-refractivity contribution in [1.82, 2.24) is 0 Å². The van der Waals surface area contributed by atoms with Crippen LogP contribution in [0.25, 0.3) is 0 Å². The van der Waals surface area contributed by atoms with Crippen LogP contribution in [0.2, 0.25) is 0 Å². The molecule has 2 N–H and O–H groups in total. The number of benzene rings is 1. The predicted molar refractivity (Wildman–Crippen MR) is 74.8 cm³/mol. The van der Waals surface area contributed by atoms with Crippen LogP contribution in [-0.2, 0) is 10.0 Å². The molecule has 0 spiro atoms. The van der Waals surface area contributed by atoms with Crippen LogP contribution in [0, 0.1) is 11.2 Å². The summed E-state index contributed by atoms with van der Waals surface area (Å²) in [6.45, 7) is 5.76. The van der Waals surface area contributed by atoms with Gasteiger partial charge >= 0.3 is 5.97 Å². The van der Waals surface area contributed by atoms with Crippen molar-refractivity contribution in [3.8, 4) is 0 Å². The molecule has 1 rings (SSSR count). The van der Waals surface area contributed by atoms with E-state index in [1.807, 2.05) is 20.8 Å². The standard InChI is InChI=1S/C13H18FNO4S/c1-13(2,3)6-7-20(18,19)15-9-4-5-11(14)10(8-9)12(16)17/h4-5,8,15H,6-7H2,1-3H3,(H,16,17). The molecule has 1 aromatic rings. The molecule has 112 valence electrons. The summed E-state index contributed by atoms with van der Waals surface area (Å²) in [6.07, 6.45) is 0.454. The number of halogens is 1. The molecule has 0 aliphatic carbocycles. The summed E-state index contributed by atoms with van der Waals surface area (Å²) >= 11 is 0. The Labute approximate surface area is 117 Å². The van der Waals surface area contributed by atoms with E-state index in [2.05, 4.69) is 4.72 Å². The number of hydrogen-bond acceptors (Lipinski definition) is 3. The molecule has 0 unspecified atom stereocenters. The number of carboxylic acids is 1. The molecule has 7 heteroatoms. The molecule has 0 aliphatic heterocycles. The van der Waals surface area contributed by atoms with Gasteiger partial charge in [-0.3, -0.25) is 4.72 Å². The Hall–Kier alpha value is -1.63. The highest BCUT2D eigenvalue weighted by Gasteiger charge is 2.18. The second kappa shape index (κ2) is 5.78. The van der Waals surface area contributed by atoms with Crippen molar-refractivity contribution in [3.05, 3.63) is 29.6 Å². The van der Waals surface area contributed by atoms with Gasteiger partial charge in [-0.25, -0.2) is 17.6 Å². The van der Waals surface area contributed by atoms with Gasteiger partial charge < -0.3 is 5.11 Å². The van der Waals surface area contributed by atoms with Gasteiger partial charge in [0.05, 0.1) is 11.3 Å². The Balaban J connectivity index is 2.88. The zero-order valence-electron chi connectivity index (χ0n) is 11.6. The molecule has 5 nitrogen and oxygen atoms in total. The topological polar surface area (TPSA) is 83.5 Å². The van der Waals surface area contributed by atoms with Crippen molar-refractivity contribution in [3.63, 3.8) is 0 Å². The van der Waals surface area contributed by atoms with Gasteiger partial charge in [-0.15, -0.1) is 0 Å². The van der Waals surface area contributed by atoms with Gasteiger partial charge in [0.25, 0.3) is 0 Å². The lowest BCUT2D eigenvalue weighted by atomic mass is 9.94. The van der Waals surface area contributed by atoms with Crippen molar-refractivity contribution in [2.45, 2.75) is 27.2 Å². The van der Waals surface area contributed by atoms with Crippen LogP contribution < -0.4 is 4.72 Å². The number of anilines is 1. The average Bonchev–Trinajstić information content (AvgIpc) is 2.28. The van der Waals surface area contributed by atoms with Crippen LogP contribution in [0.15, 0.2) is 18.2 Å². The van der Waals surface area contributed by atoms with Gasteiger partial charge in [0.2, 0.25) is 10.0 Å². The molecular weight excluding hydrogens is 285 g/mol. The molecule has 0 saturated heterocycles. The third-order valence-electron chi connectivity index (χ3n) is 2.59. The summed E-state index contributed by atoms with van der Waals surface area (Å²) in [5.41, 5.74) is -0.664. The summed E-state index contributed by atoms with van der Waals surface area (Å²) in [6, 6.07) is 3.08. The molecule has 0 bridgehead atoms. The average molecular weight is 303 g/mol. The molecule has 0 aliphatic rings. The van der Waals surface area contributed by atoms with Crippen molar-refractivity contribution < 1.29 is 22.7 Å². The van der Waals surface area contributed by atoms with E-state index in [9.17, 15) is 17.6 Å². The van der Waals surface area contributed by atoms with E-state index in [4.69, 9.17) is 5.11 Å². The number of aromatic carboxylic acids is 1. The number of sulfonamides is 1. The highest BCUT2D eigenvalue weighted by molar-refractivity contribution is 7.92. The van der Waals surface area contributed by atoms with Gasteiger partial charge in [-0.2, -0.15) is 0 Å². The summed E-state index contributed by atoms with van der Waals surface area (Å²) in [5.74, 6) is -2.44. The summed E-state index contributed by atoms with van der Waals surface area (Å²) in [7, 11) is -3.59. The maximum absolute atomic E-state index is 13.2. The minimum absolute atomic E-state index is 0.0395. The molecule has 0 amide bonds. The lowest BCUT2D eigenvalue weighted by Crippen LogP contribution is -2.21. The Morgan fingerprint density at radius 2 is 1.95 bits per heavy atom. The zero-order chi connectivity index (χ0) is 15.6. The van der Waals surface area contributed by atoms with Crippen LogP contribution in [0.1, 0.15) is 37.6 Å². The SMILES string of the molecule is CC(C)(C)CCS(=O)(=O)Nc1ccc(F)c(C(=O)O)c1. The Kier molecular flexibility index (Phi) is 4.75. The van der Waals surface area contributed by atoms with E-state index < -0.39 is 27.4 Å². The fourth-order valence-corrected chi connectivity index (χ4v) is 2.89. The number of nitrogens with one attached hydrogen (secondary N) is 1. The van der Waals surface area contributed by atoms with Crippen LogP contribution in [0.5, 0.6) is 0 Å². The molecule has 1 aromatic carbocycles. The van der Waals surface area contributed by atoms with Crippen molar-refractivity contribution in [2.75, 3.05) is 10.5 Å². The molecule has 0 heterocycles. The number of rotatable bonds is 5. The first kappa shape index (κ1) is 16.4. The van der Waals surface area contributed by atoms with E-state index in [1.165, 1.54) is 6.07 Å². The fraction of sp³-hybridized carbons (Fsp3) is 0.462. The second-order valence-electron chi connectivity index (χ2n) is 5.73. The molecule has 0 atom stereocenters. The van der Waals surface area contributed by atoms with Crippen LogP contribution in [-0.4, -0.2) is 25.2 Å². The van der Waals surface area contributed by atoms with Crippen LogP contribution in [0.3, 0.4) is 0 Å². The minimum Gasteiger partial charge on any atom is -0.478 e. The van der Waals surface area contributed by atoms with E-state index >= 15 is 0 Å². The second-order valence-corrected chi connectivity index (χ2v) is 7.57. The molecule has 0 radical (unpaired) electrons. The lowest BCUT2D eigenvalue weighted by molar-refractivity contribution is 0.0692. The van der Waals surface area contributed by atoms with Gasteiger partial charge in [-0.1, -0.05) is 20.8 Å². The van der Waals surface area contributed by atoms with E-state index in [1.54, 1.807) is 0 Å². The highest BCUT2D eigenvalue weighted by Crippen LogP contribution is 2.21. The Morgan fingerprint density at radius 1 is 1.35 bits per heavy atom. The fourth-order valence-electron chi connectivity index (χ4n) is 1.42. The van der Waals surface area contributed by atoms with Crippen molar-refractivity contribution in [1.29, 1.82) is 0 Å². The monoisotopic (exact) mass is 303 g/mol.